The van der Waals surface area contributed by atoms with Crippen molar-refractivity contribution in [1.82, 2.24) is 10.2 Å². The summed E-state index contributed by atoms with van der Waals surface area (Å²) in [5.41, 5.74) is 3.30. The van der Waals surface area contributed by atoms with Crippen molar-refractivity contribution >= 4 is 24.8 Å². The van der Waals surface area contributed by atoms with Crippen LogP contribution in [0.1, 0.15) is 23.4 Å². The summed E-state index contributed by atoms with van der Waals surface area (Å²) in [6.07, 6.45) is 10.0. The van der Waals surface area contributed by atoms with Gasteiger partial charge in [0.25, 0.3) is 0 Å². The Hall–Kier alpha value is 0.153. The van der Waals surface area contributed by atoms with Crippen molar-refractivity contribution in [2.75, 3.05) is 0 Å². The van der Waals surface area contributed by atoms with Gasteiger partial charge in [-0.2, -0.15) is 11.6 Å². The van der Waals surface area contributed by atoms with Gasteiger partial charge in [-0.15, -0.1) is 31.2 Å². The molecule has 0 aliphatic heterocycles. The number of nitrogens with zero attached hydrogens (tertiary/aromatic N) is 2. The van der Waals surface area contributed by atoms with Gasteiger partial charge in [-0.3, -0.25) is 16.3 Å². The van der Waals surface area contributed by atoms with Gasteiger partial charge in [0.15, 0.2) is 0 Å². The second-order valence-corrected chi connectivity index (χ2v) is 3.00. The van der Waals surface area contributed by atoms with Crippen molar-refractivity contribution in [3.8, 4) is 0 Å². The van der Waals surface area contributed by atoms with Gasteiger partial charge in [-0.25, -0.2) is 12.2 Å². The summed E-state index contributed by atoms with van der Waals surface area (Å²) in [4.78, 5) is 0. The first-order valence-electron chi connectivity index (χ1n) is 4.36. The van der Waals surface area contributed by atoms with Gasteiger partial charge < -0.3 is 0 Å². The van der Waals surface area contributed by atoms with Gasteiger partial charge in [0.1, 0.15) is 0 Å². The van der Waals surface area contributed by atoms with Crippen LogP contribution in [0.3, 0.4) is 0 Å². The number of aromatic nitrogens is 2. The number of aryl methyl sites for hydroxylation is 2. The zero-order valence-electron chi connectivity index (χ0n) is 9.65. The van der Waals surface area contributed by atoms with Gasteiger partial charge >= 0.3 is 26.2 Å². The SMILES string of the molecule is Cc1nn[c-](C)c1C.Cl.Cl.[C-]1=CC=CC1.[Zr+2]. The molecule has 0 unspecified atom stereocenters. The second kappa shape index (κ2) is 11.6. The Kier molecular flexibility index (Phi) is 15.6. The first-order valence-corrected chi connectivity index (χ1v) is 4.36. The van der Waals surface area contributed by atoms with Crippen LogP contribution in [-0.2, 0) is 26.2 Å². The maximum Gasteiger partial charge on any atom is 2.00 e. The molecule has 1 aliphatic carbocycles. The number of allylic oxidation sites excluding steroid dienone is 4. The summed E-state index contributed by atoms with van der Waals surface area (Å²) in [5.74, 6) is 0. The summed E-state index contributed by atoms with van der Waals surface area (Å²) in [6, 6.07) is 0. The largest absolute Gasteiger partial charge is 2.00 e. The van der Waals surface area contributed by atoms with E-state index in [0.717, 1.165) is 17.8 Å². The summed E-state index contributed by atoms with van der Waals surface area (Å²) in [5, 5.41) is 7.73. The van der Waals surface area contributed by atoms with E-state index in [-0.39, 0.29) is 51.0 Å². The molecule has 2 rings (SSSR count). The molecule has 0 radical (unpaired) electrons. The second-order valence-electron chi connectivity index (χ2n) is 3.00. The number of hydrogen-bond donors (Lipinski definition) is 0. The van der Waals surface area contributed by atoms with Crippen molar-refractivity contribution in [3.63, 3.8) is 0 Å². The molecular weight excluding hydrogens is 322 g/mol. The predicted molar refractivity (Wildman–Crippen MR) is 67.9 cm³/mol. The molecule has 0 spiro atoms. The molecule has 0 saturated carbocycles. The maximum absolute atomic E-state index is 3.87. The van der Waals surface area contributed by atoms with E-state index in [1.54, 1.807) is 0 Å². The fourth-order valence-corrected chi connectivity index (χ4v) is 0.902. The van der Waals surface area contributed by atoms with Gasteiger partial charge in [0.2, 0.25) is 0 Å². The van der Waals surface area contributed by atoms with E-state index in [1.165, 1.54) is 5.56 Å². The van der Waals surface area contributed by atoms with E-state index in [1.807, 2.05) is 32.9 Å². The Morgan fingerprint density at radius 2 is 1.94 bits per heavy atom. The van der Waals surface area contributed by atoms with Crippen LogP contribution in [0.5, 0.6) is 0 Å². The van der Waals surface area contributed by atoms with Crippen molar-refractivity contribution in [3.05, 3.63) is 41.3 Å². The summed E-state index contributed by atoms with van der Waals surface area (Å²) >= 11 is 0. The minimum atomic E-state index is 0. The van der Waals surface area contributed by atoms with E-state index in [2.05, 4.69) is 22.3 Å². The van der Waals surface area contributed by atoms with E-state index in [9.17, 15) is 0 Å². The molecule has 88 valence electrons. The van der Waals surface area contributed by atoms with E-state index in [0.29, 0.717) is 0 Å². The van der Waals surface area contributed by atoms with Crippen LogP contribution in [0.4, 0.5) is 0 Å². The molecule has 1 aromatic rings. The van der Waals surface area contributed by atoms with Crippen LogP contribution < -0.4 is 0 Å². The van der Waals surface area contributed by atoms with Crippen molar-refractivity contribution < 1.29 is 26.2 Å². The monoisotopic (exact) mass is 336 g/mol. The molecule has 0 fully saturated rings. The topological polar surface area (TPSA) is 25.8 Å². The molecule has 5 heteroatoms. The molecule has 0 amide bonds. The zero-order chi connectivity index (χ0) is 9.68. The molecule has 1 aromatic heterocycles. The standard InChI is InChI=1S/C6H9N2.C5H5.2ClH.Zr/c1-4-5(2)7-8-6(4)3;1-2-4-5-3-1;;;/h1-3H3;1-3H,4H2;2*1H;/q2*-1;;;+2. The first kappa shape index (κ1) is 21.4. The fourth-order valence-electron chi connectivity index (χ4n) is 0.902. The van der Waals surface area contributed by atoms with Gasteiger partial charge in [-0.1, -0.05) is 32.2 Å². The third-order valence-electron chi connectivity index (χ3n) is 2.02. The Balaban J connectivity index is -0.000000189. The van der Waals surface area contributed by atoms with E-state index >= 15 is 0 Å². The Bertz CT molecular complexity index is 303. The smallest absolute Gasteiger partial charge is 0.273 e. The quantitative estimate of drug-likeness (QED) is 0.679. The molecule has 0 bridgehead atoms. The molecule has 16 heavy (non-hydrogen) atoms. The molecule has 0 saturated heterocycles. The third kappa shape index (κ3) is 7.43. The summed E-state index contributed by atoms with van der Waals surface area (Å²) in [6.45, 7) is 5.97. The zero-order valence-corrected chi connectivity index (χ0v) is 13.7. The fraction of sp³-hybridized carbons (Fsp3) is 0.364. The summed E-state index contributed by atoms with van der Waals surface area (Å²) in [7, 11) is 0. The number of rotatable bonds is 0. The normalized spacial score (nSPS) is 10.4. The average Bonchev–Trinajstić information content (AvgIpc) is 2.75. The van der Waals surface area contributed by atoms with Gasteiger partial charge in [-0.05, 0) is 0 Å². The third-order valence-corrected chi connectivity index (χ3v) is 2.02. The minimum absolute atomic E-state index is 0. The maximum atomic E-state index is 3.87. The van der Waals surface area contributed by atoms with Crippen LogP contribution in [-0.4, -0.2) is 10.2 Å². The Labute approximate surface area is 129 Å². The average molecular weight is 338 g/mol. The van der Waals surface area contributed by atoms with Crippen LogP contribution >= 0.6 is 24.8 Å². The number of halogens is 2. The van der Waals surface area contributed by atoms with Crippen LogP contribution in [0, 0.1) is 26.8 Å². The number of hydrogen-bond acceptors (Lipinski definition) is 2. The van der Waals surface area contributed by atoms with Crippen molar-refractivity contribution in [2.45, 2.75) is 27.2 Å². The minimum Gasteiger partial charge on any atom is -0.273 e. The molecule has 1 aliphatic rings. The Morgan fingerprint density at radius 3 is 2.06 bits per heavy atom. The molecule has 1 heterocycles. The van der Waals surface area contributed by atoms with Crippen molar-refractivity contribution in [2.24, 2.45) is 0 Å². The Morgan fingerprint density at radius 1 is 1.31 bits per heavy atom. The summed E-state index contributed by atoms with van der Waals surface area (Å²) < 4.78 is 0. The van der Waals surface area contributed by atoms with E-state index < -0.39 is 0 Å². The van der Waals surface area contributed by atoms with E-state index in [4.69, 9.17) is 0 Å². The predicted octanol–water partition coefficient (Wildman–Crippen LogP) is 3.27. The van der Waals surface area contributed by atoms with Crippen LogP contribution in [0.2, 0.25) is 0 Å². The molecule has 0 N–H and O–H groups in total. The van der Waals surface area contributed by atoms with Crippen LogP contribution in [0.25, 0.3) is 0 Å². The first-order chi connectivity index (χ1) is 6.22. The van der Waals surface area contributed by atoms with Gasteiger partial charge in [0.05, 0.1) is 0 Å². The van der Waals surface area contributed by atoms with Crippen LogP contribution in [0.15, 0.2) is 18.2 Å². The molecule has 2 nitrogen and oxygen atoms in total. The van der Waals surface area contributed by atoms with Crippen molar-refractivity contribution in [1.29, 1.82) is 0 Å². The molecule has 0 aromatic carbocycles. The molecule has 0 atom stereocenters. The van der Waals surface area contributed by atoms with Gasteiger partial charge in [0, 0.05) is 0 Å². The molecular formula is C11H16Cl2N2Zr.